The van der Waals surface area contributed by atoms with Gasteiger partial charge < -0.3 is 15.2 Å². The Bertz CT molecular complexity index is 570. The van der Waals surface area contributed by atoms with Crippen LogP contribution in [0.5, 0.6) is 11.5 Å². The van der Waals surface area contributed by atoms with E-state index in [0.29, 0.717) is 24.7 Å². The Kier molecular flexibility index (Phi) is 2.58. The molecule has 1 amide bonds. The molecule has 0 saturated carbocycles. The van der Waals surface area contributed by atoms with Crippen LogP contribution < -0.4 is 20.5 Å². The first-order valence-electron chi connectivity index (χ1n) is 6.16. The number of benzene rings is 1. The number of rotatable bonds is 1. The summed E-state index contributed by atoms with van der Waals surface area (Å²) in [6.45, 7) is 2.96. The van der Waals surface area contributed by atoms with E-state index in [1.807, 2.05) is 6.07 Å². The zero-order chi connectivity index (χ0) is 13.5. The number of hydrogen-bond acceptors (Lipinski definition) is 5. The quantitative estimate of drug-likeness (QED) is 0.771. The maximum absolute atomic E-state index is 12.0. The third kappa shape index (κ3) is 1.89. The number of carbonyl (C=O) groups is 1. The van der Waals surface area contributed by atoms with E-state index < -0.39 is 5.54 Å². The van der Waals surface area contributed by atoms with Crippen molar-refractivity contribution in [2.45, 2.75) is 18.9 Å². The van der Waals surface area contributed by atoms with Gasteiger partial charge in [0.05, 0.1) is 13.2 Å². The van der Waals surface area contributed by atoms with Gasteiger partial charge in [-0.1, -0.05) is 6.07 Å². The molecule has 100 valence electrons. The van der Waals surface area contributed by atoms with E-state index in [9.17, 15) is 4.79 Å². The zero-order valence-corrected chi connectivity index (χ0v) is 10.6. The number of amides is 1. The third-order valence-corrected chi connectivity index (χ3v) is 3.34. The lowest BCUT2D eigenvalue weighted by Gasteiger charge is -2.19. The van der Waals surface area contributed by atoms with Gasteiger partial charge in [-0.2, -0.15) is 0 Å². The highest BCUT2D eigenvalue weighted by atomic mass is 16.5. The first-order valence-corrected chi connectivity index (χ1v) is 6.16. The van der Waals surface area contributed by atoms with E-state index >= 15 is 0 Å². The molecule has 1 aromatic carbocycles. The lowest BCUT2D eigenvalue weighted by atomic mass is 9.92. The summed E-state index contributed by atoms with van der Waals surface area (Å²) in [5.41, 5.74) is 5.29. The van der Waals surface area contributed by atoms with Crippen LogP contribution >= 0.6 is 0 Å². The predicted molar refractivity (Wildman–Crippen MR) is 69.2 cm³/mol. The van der Waals surface area contributed by atoms with Crippen LogP contribution in [0.4, 0.5) is 0 Å². The van der Waals surface area contributed by atoms with Crippen LogP contribution in [0, 0.1) is 0 Å². The lowest BCUT2D eigenvalue weighted by Crippen LogP contribution is -2.37. The van der Waals surface area contributed by atoms with Gasteiger partial charge >= 0.3 is 0 Å². The standard InChI is InChI=1S/C13H15N3O3/c1-13(11(17)15-12(14)16-13)8-3-4-9-10(7-8)19-6-2-5-18-9/h3-4,7H,2,5-6H2,1H3,(H3,14,15,16,17). The summed E-state index contributed by atoms with van der Waals surface area (Å²) in [6, 6.07) is 5.41. The molecular formula is C13H15N3O3. The molecule has 0 saturated heterocycles. The highest BCUT2D eigenvalue weighted by Crippen LogP contribution is 2.36. The van der Waals surface area contributed by atoms with Gasteiger partial charge in [0.25, 0.3) is 5.91 Å². The van der Waals surface area contributed by atoms with E-state index in [1.54, 1.807) is 19.1 Å². The number of fused-ring (bicyclic) bond motifs is 1. The van der Waals surface area contributed by atoms with Crippen molar-refractivity contribution in [1.82, 2.24) is 5.32 Å². The van der Waals surface area contributed by atoms with Crippen LogP contribution in [-0.4, -0.2) is 25.1 Å². The summed E-state index contributed by atoms with van der Waals surface area (Å²) >= 11 is 0. The largest absolute Gasteiger partial charge is 0.490 e. The molecule has 6 heteroatoms. The number of nitrogens with zero attached hydrogens (tertiary/aromatic N) is 1. The normalized spacial score (nSPS) is 25.5. The molecular weight excluding hydrogens is 246 g/mol. The third-order valence-electron chi connectivity index (χ3n) is 3.34. The summed E-state index contributed by atoms with van der Waals surface area (Å²) in [5.74, 6) is 1.24. The molecule has 0 fully saturated rings. The number of guanidine groups is 1. The number of nitrogens with two attached hydrogens (primary N) is 1. The summed E-state index contributed by atoms with van der Waals surface area (Å²) in [4.78, 5) is 16.1. The van der Waals surface area contributed by atoms with E-state index in [2.05, 4.69) is 10.3 Å². The predicted octanol–water partition coefficient (Wildman–Crippen LogP) is 0.508. The van der Waals surface area contributed by atoms with Gasteiger partial charge in [0, 0.05) is 6.42 Å². The summed E-state index contributed by atoms with van der Waals surface area (Å²) in [7, 11) is 0. The van der Waals surface area contributed by atoms with Gasteiger partial charge in [0.15, 0.2) is 23.0 Å². The molecule has 2 aliphatic heterocycles. The minimum Gasteiger partial charge on any atom is -0.490 e. The van der Waals surface area contributed by atoms with Crippen molar-refractivity contribution in [2.24, 2.45) is 10.7 Å². The molecule has 0 aliphatic carbocycles. The van der Waals surface area contributed by atoms with Gasteiger partial charge in [-0.15, -0.1) is 0 Å². The van der Waals surface area contributed by atoms with Crippen LogP contribution in [0.2, 0.25) is 0 Å². The second kappa shape index (κ2) is 4.15. The van der Waals surface area contributed by atoms with Crippen LogP contribution in [0.15, 0.2) is 23.2 Å². The molecule has 1 atom stereocenters. The number of carbonyl (C=O) groups excluding carboxylic acids is 1. The molecule has 0 spiro atoms. The average Bonchev–Trinajstić information content (AvgIpc) is 2.57. The minimum atomic E-state index is -1.01. The van der Waals surface area contributed by atoms with E-state index in [-0.39, 0.29) is 11.9 Å². The van der Waals surface area contributed by atoms with Crippen LogP contribution in [-0.2, 0) is 10.3 Å². The Hall–Kier alpha value is -2.24. The van der Waals surface area contributed by atoms with Crippen molar-refractivity contribution >= 4 is 11.9 Å². The number of nitrogens with one attached hydrogen (secondary N) is 1. The van der Waals surface area contributed by atoms with Gasteiger partial charge in [-0.05, 0) is 24.6 Å². The average molecular weight is 261 g/mol. The molecule has 0 aromatic heterocycles. The van der Waals surface area contributed by atoms with Crippen molar-refractivity contribution in [3.63, 3.8) is 0 Å². The van der Waals surface area contributed by atoms with Crippen LogP contribution in [0.3, 0.4) is 0 Å². The first kappa shape index (κ1) is 11.8. The van der Waals surface area contributed by atoms with Gasteiger partial charge in [0.1, 0.15) is 0 Å². The van der Waals surface area contributed by atoms with Gasteiger partial charge in [-0.3, -0.25) is 10.1 Å². The molecule has 0 radical (unpaired) electrons. The number of hydrogen-bond donors (Lipinski definition) is 2. The van der Waals surface area contributed by atoms with Crippen molar-refractivity contribution in [3.05, 3.63) is 23.8 Å². The van der Waals surface area contributed by atoms with Gasteiger partial charge in [0.2, 0.25) is 0 Å². The van der Waals surface area contributed by atoms with Gasteiger partial charge in [-0.25, -0.2) is 4.99 Å². The summed E-state index contributed by atoms with van der Waals surface area (Å²) in [5, 5.41) is 2.51. The Balaban J connectivity index is 2.02. The van der Waals surface area contributed by atoms with E-state index in [1.165, 1.54) is 0 Å². The van der Waals surface area contributed by atoms with Crippen LogP contribution in [0.25, 0.3) is 0 Å². The Labute approximate surface area is 110 Å². The molecule has 2 heterocycles. The maximum atomic E-state index is 12.0. The lowest BCUT2D eigenvalue weighted by molar-refractivity contribution is -0.123. The molecule has 1 aromatic rings. The fourth-order valence-electron chi connectivity index (χ4n) is 2.22. The maximum Gasteiger partial charge on any atom is 0.259 e. The first-order chi connectivity index (χ1) is 9.09. The highest BCUT2D eigenvalue weighted by molar-refractivity contribution is 6.06. The summed E-state index contributed by atoms with van der Waals surface area (Å²) in [6.07, 6.45) is 0.840. The minimum absolute atomic E-state index is 0.139. The molecule has 1 unspecified atom stereocenters. The fourth-order valence-corrected chi connectivity index (χ4v) is 2.22. The Morgan fingerprint density at radius 3 is 2.74 bits per heavy atom. The second-order valence-electron chi connectivity index (χ2n) is 4.74. The molecule has 3 N–H and O–H groups in total. The SMILES string of the molecule is CC1(c2ccc3c(c2)OCCCO3)N=C(N)NC1=O. The zero-order valence-electron chi connectivity index (χ0n) is 10.6. The Morgan fingerprint density at radius 1 is 1.32 bits per heavy atom. The highest BCUT2D eigenvalue weighted by Gasteiger charge is 2.40. The molecule has 6 nitrogen and oxygen atoms in total. The smallest absolute Gasteiger partial charge is 0.259 e. The van der Waals surface area contributed by atoms with E-state index in [0.717, 1.165) is 12.0 Å². The topological polar surface area (TPSA) is 85.9 Å². The molecule has 19 heavy (non-hydrogen) atoms. The monoisotopic (exact) mass is 261 g/mol. The Morgan fingerprint density at radius 2 is 2.05 bits per heavy atom. The molecule has 0 bridgehead atoms. The summed E-state index contributed by atoms with van der Waals surface area (Å²) < 4.78 is 11.2. The van der Waals surface area contributed by atoms with Crippen LogP contribution in [0.1, 0.15) is 18.9 Å². The molecule has 3 rings (SSSR count). The number of aliphatic imine (C=N–C) groups is 1. The van der Waals surface area contributed by atoms with E-state index in [4.69, 9.17) is 15.2 Å². The van der Waals surface area contributed by atoms with Crippen molar-refractivity contribution in [1.29, 1.82) is 0 Å². The number of ether oxygens (including phenoxy) is 2. The van der Waals surface area contributed by atoms with Crippen molar-refractivity contribution in [3.8, 4) is 11.5 Å². The second-order valence-corrected chi connectivity index (χ2v) is 4.74. The van der Waals surface area contributed by atoms with Crippen molar-refractivity contribution < 1.29 is 14.3 Å². The molecule has 2 aliphatic rings. The fraction of sp³-hybridized carbons (Fsp3) is 0.385. The van der Waals surface area contributed by atoms with Crippen molar-refractivity contribution in [2.75, 3.05) is 13.2 Å².